The predicted octanol–water partition coefficient (Wildman–Crippen LogP) is 3.99. The third-order valence-corrected chi connectivity index (χ3v) is 4.77. The highest BCUT2D eigenvalue weighted by atomic mass is 19.1. The number of anilines is 1. The summed E-state index contributed by atoms with van der Waals surface area (Å²) >= 11 is 0. The lowest BCUT2D eigenvalue weighted by Gasteiger charge is -2.09. The summed E-state index contributed by atoms with van der Waals surface area (Å²) in [4.78, 5) is 12.3. The lowest BCUT2D eigenvalue weighted by molar-refractivity contribution is -0.115. The Bertz CT molecular complexity index is 966. The molecule has 1 amide bonds. The zero-order chi connectivity index (χ0) is 18.6. The number of halogens is 1. The number of hydrogen-bond donors (Lipinski definition) is 1. The minimum absolute atomic E-state index is 0.127. The fourth-order valence-corrected chi connectivity index (χ4v) is 3.47. The molecule has 0 fully saturated rings. The number of aromatic nitrogens is 3. The first-order chi connectivity index (χ1) is 13.2. The van der Waals surface area contributed by atoms with Gasteiger partial charge in [-0.15, -0.1) is 10.2 Å². The van der Waals surface area contributed by atoms with E-state index in [9.17, 15) is 9.18 Å². The summed E-state index contributed by atoms with van der Waals surface area (Å²) in [6, 6.07) is 13.7. The van der Waals surface area contributed by atoms with Crippen LogP contribution >= 0.6 is 0 Å². The molecule has 0 spiro atoms. The zero-order valence-electron chi connectivity index (χ0n) is 15.0. The van der Waals surface area contributed by atoms with Crippen molar-refractivity contribution < 1.29 is 9.18 Å². The third kappa shape index (κ3) is 4.05. The van der Waals surface area contributed by atoms with Gasteiger partial charge < -0.3 is 9.88 Å². The SMILES string of the molecule is O=C(Cc1cccc(F)c1)Nc1cccc(-c2nnc3n2CCCCC3)c1. The molecule has 5 nitrogen and oxygen atoms in total. The first-order valence-corrected chi connectivity index (χ1v) is 9.26. The van der Waals surface area contributed by atoms with Crippen LogP contribution in [0.1, 0.15) is 30.7 Å². The second-order valence-corrected chi connectivity index (χ2v) is 6.84. The number of aryl methyl sites for hydroxylation is 1. The third-order valence-electron chi connectivity index (χ3n) is 4.77. The highest BCUT2D eigenvalue weighted by Gasteiger charge is 2.16. The Morgan fingerprint density at radius 1 is 1.07 bits per heavy atom. The van der Waals surface area contributed by atoms with Crippen molar-refractivity contribution in [3.63, 3.8) is 0 Å². The van der Waals surface area contributed by atoms with Crippen LogP contribution in [-0.2, 0) is 24.2 Å². The summed E-state index contributed by atoms with van der Waals surface area (Å²) in [6.07, 6.45) is 4.56. The second-order valence-electron chi connectivity index (χ2n) is 6.84. The maximum atomic E-state index is 13.3. The molecule has 1 aromatic heterocycles. The van der Waals surface area contributed by atoms with Gasteiger partial charge in [0.2, 0.25) is 5.91 Å². The Balaban J connectivity index is 1.51. The Morgan fingerprint density at radius 3 is 2.85 bits per heavy atom. The molecule has 4 rings (SSSR count). The Kier molecular flexibility index (Phi) is 4.96. The molecular weight excluding hydrogens is 343 g/mol. The van der Waals surface area contributed by atoms with Crippen molar-refractivity contribution in [1.82, 2.24) is 14.8 Å². The number of benzene rings is 2. The second kappa shape index (κ2) is 7.70. The van der Waals surface area contributed by atoms with Crippen LogP contribution in [-0.4, -0.2) is 20.7 Å². The van der Waals surface area contributed by atoms with Gasteiger partial charge in [0.15, 0.2) is 5.82 Å². The van der Waals surface area contributed by atoms with E-state index in [4.69, 9.17) is 0 Å². The van der Waals surface area contributed by atoms with Crippen LogP contribution in [0.5, 0.6) is 0 Å². The molecule has 0 saturated heterocycles. The lowest BCUT2D eigenvalue weighted by Crippen LogP contribution is -2.14. The van der Waals surface area contributed by atoms with Gasteiger partial charge in [-0.3, -0.25) is 4.79 Å². The van der Waals surface area contributed by atoms with Crippen LogP contribution in [0.25, 0.3) is 11.4 Å². The van der Waals surface area contributed by atoms with Crippen molar-refractivity contribution in [3.05, 3.63) is 65.7 Å². The fourth-order valence-electron chi connectivity index (χ4n) is 3.47. The minimum Gasteiger partial charge on any atom is -0.326 e. The highest BCUT2D eigenvalue weighted by Crippen LogP contribution is 2.25. The molecule has 2 heterocycles. The topological polar surface area (TPSA) is 59.8 Å². The van der Waals surface area contributed by atoms with Gasteiger partial charge in [0, 0.05) is 24.2 Å². The van der Waals surface area contributed by atoms with Crippen LogP contribution in [0.15, 0.2) is 48.5 Å². The average molecular weight is 364 g/mol. The lowest BCUT2D eigenvalue weighted by atomic mass is 10.1. The van der Waals surface area contributed by atoms with Crippen molar-refractivity contribution >= 4 is 11.6 Å². The van der Waals surface area contributed by atoms with E-state index in [1.165, 1.54) is 18.6 Å². The van der Waals surface area contributed by atoms with Crippen molar-refractivity contribution in [3.8, 4) is 11.4 Å². The molecule has 1 aliphatic rings. The summed E-state index contributed by atoms with van der Waals surface area (Å²) in [5.74, 6) is 1.35. The molecule has 1 N–H and O–H groups in total. The Hall–Kier alpha value is -3.02. The van der Waals surface area contributed by atoms with E-state index < -0.39 is 0 Å². The van der Waals surface area contributed by atoms with Crippen molar-refractivity contribution in [2.75, 3.05) is 5.32 Å². The number of amides is 1. The van der Waals surface area contributed by atoms with Crippen LogP contribution in [0.3, 0.4) is 0 Å². The number of hydrogen-bond acceptors (Lipinski definition) is 3. The van der Waals surface area contributed by atoms with Gasteiger partial charge in [-0.25, -0.2) is 4.39 Å². The first kappa shape index (κ1) is 17.4. The summed E-state index contributed by atoms with van der Waals surface area (Å²) in [5, 5.41) is 11.6. The van der Waals surface area contributed by atoms with E-state index in [1.807, 2.05) is 24.3 Å². The molecule has 27 heavy (non-hydrogen) atoms. The van der Waals surface area contributed by atoms with Gasteiger partial charge in [-0.2, -0.15) is 0 Å². The number of carbonyl (C=O) groups excluding carboxylic acids is 1. The van der Waals surface area contributed by atoms with Gasteiger partial charge in [0.05, 0.1) is 6.42 Å². The van der Waals surface area contributed by atoms with Crippen molar-refractivity contribution in [2.24, 2.45) is 0 Å². The van der Waals surface area contributed by atoms with Gasteiger partial charge in [0.1, 0.15) is 11.6 Å². The van der Waals surface area contributed by atoms with Crippen LogP contribution < -0.4 is 5.32 Å². The van der Waals surface area contributed by atoms with E-state index in [2.05, 4.69) is 20.1 Å². The monoisotopic (exact) mass is 364 g/mol. The molecule has 6 heteroatoms. The molecule has 2 aromatic carbocycles. The molecule has 0 radical (unpaired) electrons. The maximum Gasteiger partial charge on any atom is 0.228 e. The molecule has 1 aliphatic heterocycles. The standard InChI is InChI=1S/C21H21FN4O/c22-17-8-4-6-15(12-17)13-20(27)23-18-9-5-7-16(14-18)21-25-24-19-10-2-1-3-11-26(19)21/h4-9,12,14H,1-3,10-11,13H2,(H,23,27). The summed E-state index contributed by atoms with van der Waals surface area (Å²) in [6.45, 7) is 0.924. The van der Waals surface area contributed by atoms with E-state index in [-0.39, 0.29) is 18.1 Å². The normalized spacial score (nSPS) is 13.7. The molecule has 0 unspecified atom stereocenters. The van der Waals surface area contributed by atoms with Gasteiger partial charge >= 0.3 is 0 Å². The molecule has 0 saturated carbocycles. The molecule has 0 bridgehead atoms. The fraction of sp³-hybridized carbons (Fsp3) is 0.286. The average Bonchev–Trinajstić information content (AvgIpc) is 2.90. The van der Waals surface area contributed by atoms with E-state index >= 15 is 0 Å². The van der Waals surface area contributed by atoms with Gasteiger partial charge in [0.25, 0.3) is 0 Å². The quantitative estimate of drug-likeness (QED) is 0.761. The van der Waals surface area contributed by atoms with E-state index in [1.54, 1.807) is 12.1 Å². The van der Waals surface area contributed by atoms with Gasteiger partial charge in [-0.05, 0) is 42.7 Å². The summed E-state index contributed by atoms with van der Waals surface area (Å²) < 4.78 is 15.5. The molecule has 138 valence electrons. The molecule has 0 aliphatic carbocycles. The smallest absolute Gasteiger partial charge is 0.228 e. The molecule has 0 atom stereocenters. The summed E-state index contributed by atoms with van der Waals surface area (Å²) in [5.41, 5.74) is 2.27. The zero-order valence-corrected chi connectivity index (χ0v) is 15.0. The van der Waals surface area contributed by atoms with Crippen LogP contribution in [0.2, 0.25) is 0 Å². The molecule has 3 aromatic rings. The van der Waals surface area contributed by atoms with Crippen LogP contribution in [0, 0.1) is 5.82 Å². The summed E-state index contributed by atoms with van der Waals surface area (Å²) in [7, 11) is 0. The van der Waals surface area contributed by atoms with E-state index in [0.717, 1.165) is 43.0 Å². The number of fused-ring (bicyclic) bond motifs is 1. The molecular formula is C21H21FN4O. The Morgan fingerprint density at radius 2 is 1.96 bits per heavy atom. The highest BCUT2D eigenvalue weighted by molar-refractivity contribution is 5.92. The number of nitrogens with zero attached hydrogens (tertiary/aromatic N) is 3. The largest absolute Gasteiger partial charge is 0.326 e. The Labute approximate surface area is 157 Å². The van der Waals surface area contributed by atoms with Crippen molar-refractivity contribution in [2.45, 2.75) is 38.6 Å². The maximum absolute atomic E-state index is 13.3. The van der Waals surface area contributed by atoms with Gasteiger partial charge in [-0.1, -0.05) is 30.7 Å². The first-order valence-electron chi connectivity index (χ1n) is 9.26. The number of rotatable bonds is 4. The van der Waals surface area contributed by atoms with Crippen molar-refractivity contribution in [1.29, 1.82) is 0 Å². The predicted molar refractivity (Wildman–Crippen MR) is 102 cm³/mol. The number of carbonyl (C=O) groups is 1. The van der Waals surface area contributed by atoms with Crippen LogP contribution in [0.4, 0.5) is 10.1 Å². The number of nitrogens with one attached hydrogen (secondary N) is 1. The van der Waals surface area contributed by atoms with E-state index in [0.29, 0.717) is 11.3 Å². The minimum atomic E-state index is -0.338.